The molecule has 4 nitrogen and oxygen atoms in total. The van der Waals surface area contributed by atoms with Crippen LogP contribution in [0.3, 0.4) is 0 Å². The van der Waals surface area contributed by atoms with Gasteiger partial charge in [0.25, 0.3) is 5.91 Å². The average Bonchev–Trinajstić information content (AvgIpc) is 3.14. The van der Waals surface area contributed by atoms with Crippen molar-refractivity contribution in [1.29, 1.82) is 0 Å². The molecule has 3 heterocycles. The van der Waals surface area contributed by atoms with E-state index in [-0.39, 0.29) is 17.1 Å². The summed E-state index contributed by atoms with van der Waals surface area (Å²) in [5.74, 6) is -0.301. The Morgan fingerprint density at radius 1 is 1.06 bits per heavy atom. The summed E-state index contributed by atoms with van der Waals surface area (Å²) < 4.78 is 13.1. The molecule has 7 heteroatoms. The molecule has 2 aliphatic heterocycles. The normalized spacial score (nSPS) is 17.4. The van der Waals surface area contributed by atoms with Gasteiger partial charge in [-0.15, -0.1) is 0 Å². The molecule has 0 saturated carbocycles. The molecule has 34 heavy (non-hydrogen) atoms. The molecule has 174 valence electrons. The van der Waals surface area contributed by atoms with E-state index in [2.05, 4.69) is 16.0 Å². The Morgan fingerprint density at radius 2 is 1.82 bits per heavy atom. The monoisotopic (exact) mass is 495 g/mol. The zero-order valence-corrected chi connectivity index (χ0v) is 20.1. The smallest absolute Gasteiger partial charge is 0.258 e. The molecule has 0 aliphatic carbocycles. The Bertz CT molecular complexity index is 1240. The zero-order valence-electron chi connectivity index (χ0n) is 18.6. The first-order valence-electron chi connectivity index (χ1n) is 11.3. The SMILES string of the molecule is O=C(c1ccnc(Cl)c1)N1CC2(CCN(C/C=C/c3ccc(F)cc3)CC2)c2cc(Cl)ccc21. The number of hydrogen-bond donors (Lipinski definition) is 0. The maximum Gasteiger partial charge on any atom is 0.258 e. The lowest BCUT2D eigenvalue weighted by atomic mass is 9.74. The van der Waals surface area contributed by atoms with E-state index in [1.165, 1.54) is 12.1 Å². The van der Waals surface area contributed by atoms with Crippen LogP contribution in [0.2, 0.25) is 10.2 Å². The van der Waals surface area contributed by atoms with Crippen LogP contribution in [-0.4, -0.2) is 42.0 Å². The van der Waals surface area contributed by atoms with Crippen LogP contribution in [0, 0.1) is 5.82 Å². The topological polar surface area (TPSA) is 36.4 Å². The van der Waals surface area contributed by atoms with Gasteiger partial charge >= 0.3 is 0 Å². The van der Waals surface area contributed by atoms with Gasteiger partial charge in [0.2, 0.25) is 0 Å². The third-order valence-electron chi connectivity index (χ3n) is 6.86. The minimum Gasteiger partial charge on any atom is -0.307 e. The van der Waals surface area contributed by atoms with Crippen LogP contribution in [-0.2, 0) is 5.41 Å². The van der Waals surface area contributed by atoms with Gasteiger partial charge in [-0.1, -0.05) is 47.5 Å². The highest BCUT2D eigenvalue weighted by Gasteiger charge is 2.46. The Labute approximate surface area is 208 Å². The summed E-state index contributed by atoms with van der Waals surface area (Å²) in [6.45, 7) is 3.29. The molecule has 1 aromatic heterocycles. The van der Waals surface area contributed by atoms with Crippen molar-refractivity contribution in [2.24, 2.45) is 0 Å². The summed E-state index contributed by atoms with van der Waals surface area (Å²) in [5.41, 5.74) is 3.46. The molecule has 1 amide bonds. The van der Waals surface area contributed by atoms with E-state index in [0.29, 0.717) is 22.3 Å². The van der Waals surface area contributed by atoms with Crippen LogP contribution in [0.5, 0.6) is 0 Å². The van der Waals surface area contributed by atoms with Crippen molar-refractivity contribution in [3.05, 3.63) is 99.6 Å². The van der Waals surface area contributed by atoms with Crippen molar-refractivity contribution in [1.82, 2.24) is 9.88 Å². The predicted octanol–water partition coefficient (Wildman–Crippen LogP) is 6.23. The highest BCUT2D eigenvalue weighted by molar-refractivity contribution is 6.31. The molecule has 5 rings (SSSR count). The molecule has 0 N–H and O–H groups in total. The number of aromatic nitrogens is 1. The fourth-order valence-electron chi connectivity index (χ4n) is 5.02. The number of fused-ring (bicyclic) bond motifs is 2. The lowest BCUT2D eigenvalue weighted by molar-refractivity contribution is 0.0977. The number of amides is 1. The number of anilines is 1. The lowest BCUT2D eigenvalue weighted by Gasteiger charge is -2.39. The third kappa shape index (κ3) is 4.61. The van der Waals surface area contributed by atoms with Crippen molar-refractivity contribution >= 4 is 40.9 Å². The number of rotatable bonds is 4. The van der Waals surface area contributed by atoms with Gasteiger partial charge in [-0.3, -0.25) is 9.69 Å². The van der Waals surface area contributed by atoms with E-state index in [9.17, 15) is 9.18 Å². The number of carbonyl (C=O) groups is 1. The molecule has 0 atom stereocenters. The van der Waals surface area contributed by atoms with Crippen molar-refractivity contribution < 1.29 is 9.18 Å². The lowest BCUT2D eigenvalue weighted by Crippen LogP contribution is -2.46. The van der Waals surface area contributed by atoms with Gasteiger partial charge in [0.05, 0.1) is 0 Å². The number of nitrogens with zero attached hydrogens (tertiary/aromatic N) is 3. The maximum atomic E-state index is 13.4. The van der Waals surface area contributed by atoms with Crippen LogP contribution >= 0.6 is 23.2 Å². The minimum absolute atomic E-state index is 0.0746. The molecule has 0 unspecified atom stereocenters. The summed E-state index contributed by atoms with van der Waals surface area (Å²) in [5, 5.41) is 0.988. The second-order valence-electron chi connectivity index (χ2n) is 8.95. The van der Waals surface area contributed by atoms with E-state index >= 15 is 0 Å². The fraction of sp³-hybridized carbons (Fsp3) is 0.259. The maximum absolute atomic E-state index is 13.4. The molecule has 1 spiro atoms. The molecule has 2 aromatic carbocycles. The fourth-order valence-corrected chi connectivity index (χ4v) is 5.36. The number of halogens is 3. The second-order valence-corrected chi connectivity index (χ2v) is 9.78. The number of piperidine rings is 1. The number of likely N-dealkylation sites (tertiary alicyclic amines) is 1. The van der Waals surface area contributed by atoms with Crippen LogP contribution in [0.1, 0.15) is 34.3 Å². The molecule has 1 fully saturated rings. The van der Waals surface area contributed by atoms with E-state index in [0.717, 1.165) is 49.3 Å². The highest BCUT2D eigenvalue weighted by atomic mass is 35.5. The van der Waals surface area contributed by atoms with Gasteiger partial charge in [0.1, 0.15) is 11.0 Å². The number of benzene rings is 2. The first-order valence-corrected chi connectivity index (χ1v) is 12.1. The standard InChI is InChI=1S/C27H24Cl2FN3O/c28-21-5-8-24-23(17-21)27(18-33(24)26(34)20-9-12-31-25(29)16-20)10-14-32(15-11-27)13-1-2-19-3-6-22(30)7-4-19/h1-9,12,16-17H,10-11,13-15,18H2/b2-1+. The van der Waals surface area contributed by atoms with E-state index in [4.69, 9.17) is 23.2 Å². The number of hydrogen-bond acceptors (Lipinski definition) is 3. The van der Waals surface area contributed by atoms with Crippen molar-refractivity contribution in [2.45, 2.75) is 18.3 Å². The van der Waals surface area contributed by atoms with Gasteiger partial charge in [-0.2, -0.15) is 0 Å². The van der Waals surface area contributed by atoms with Crippen molar-refractivity contribution in [3.8, 4) is 0 Å². The molecule has 0 radical (unpaired) electrons. The summed E-state index contributed by atoms with van der Waals surface area (Å²) in [7, 11) is 0. The summed E-state index contributed by atoms with van der Waals surface area (Å²) >= 11 is 12.4. The minimum atomic E-state index is -0.227. The Kier molecular flexibility index (Phi) is 6.43. The third-order valence-corrected chi connectivity index (χ3v) is 7.30. The van der Waals surface area contributed by atoms with E-state index in [1.807, 2.05) is 29.2 Å². The Balaban J connectivity index is 1.31. The molecule has 2 aliphatic rings. The van der Waals surface area contributed by atoms with Gasteiger partial charge in [0, 0.05) is 41.0 Å². The summed E-state index contributed by atoms with van der Waals surface area (Å²) in [6, 6.07) is 15.6. The summed E-state index contributed by atoms with van der Waals surface area (Å²) in [4.78, 5) is 21.7. The number of carbonyl (C=O) groups excluding carboxylic acids is 1. The van der Waals surface area contributed by atoms with E-state index in [1.54, 1.807) is 30.5 Å². The van der Waals surface area contributed by atoms with Crippen molar-refractivity contribution in [2.75, 3.05) is 31.1 Å². The zero-order chi connectivity index (χ0) is 23.7. The second kappa shape index (κ2) is 9.49. The van der Waals surface area contributed by atoms with Crippen LogP contribution in [0.25, 0.3) is 6.08 Å². The highest BCUT2D eigenvalue weighted by Crippen LogP contribution is 2.48. The van der Waals surface area contributed by atoms with Crippen LogP contribution in [0.15, 0.2) is 66.9 Å². The molecule has 0 bridgehead atoms. The Morgan fingerprint density at radius 3 is 2.56 bits per heavy atom. The quantitative estimate of drug-likeness (QED) is 0.402. The van der Waals surface area contributed by atoms with Gasteiger partial charge < -0.3 is 4.90 Å². The number of pyridine rings is 1. The van der Waals surface area contributed by atoms with Crippen LogP contribution in [0.4, 0.5) is 10.1 Å². The van der Waals surface area contributed by atoms with Gasteiger partial charge in [0.15, 0.2) is 0 Å². The first-order chi connectivity index (χ1) is 16.4. The molecule has 3 aromatic rings. The average molecular weight is 496 g/mol. The molecule has 1 saturated heterocycles. The summed E-state index contributed by atoms with van der Waals surface area (Å²) in [6.07, 6.45) is 7.57. The van der Waals surface area contributed by atoms with E-state index < -0.39 is 0 Å². The van der Waals surface area contributed by atoms with Crippen molar-refractivity contribution in [3.63, 3.8) is 0 Å². The largest absolute Gasteiger partial charge is 0.307 e. The predicted molar refractivity (Wildman–Crippen MR) is 135 cm³/mol. The molecular formula is C27H24Cl2FN3O. The first kappa shape index (κ1) is 23.0. The van der Waals surface area contributed by atoms with Gasteiger partial charge in [-0.25, -0.2) is 9.37 Å². The molecular weight excluding hydrogens is 472 g/mol. The van der Waals surface area contributed by atoms with Crippen LogP contribution < -0.4 is 4.90 Å². The Hall–Kier alpha value is -2.73. The van der Waals surface area contributed by atoms with Gasteiger partial charge in [-0.05, 0) is 79.5 Å².